The fourth-order valence-electron chi connectivity index (χ4n) is 3.97. The van der Waals surface area contributed by atoms with E-state index < -0.39 is 5.41 Å². The van der Waals surface area contributed by atoms with Gasteiger partial charge in [-0.3, -0.25) is 14.3 Å². The van der Waals surface area contributed by atoms with Gasteiger partial charge in [-0.05, 0) is 12.3 Å². The Labute approximate surface area is 125 Å². The maximum atomic E-state index is 12.4. The van der Waals surface area contributed by atoms with Gasteiger partial charge in [-0.1, -0.05) is 33.8 Å². The standard InChI is InChI=1S/C16H22N2O2.FH/c1-5-13(19)18-7-6-12-15(2,3)14(20)11(9-17)8-16(12,4)10-18;/h8,12H,5-7,10H2,1-4H3;1H/t12-,16+;/m1./s1. The maximum Gasteiger partial charge on any atom is 0.222 e. The lowest BCUT2D eigenvalue weighted by molar-refractivity contribution is -0.140. The molecule has 21 heavy (non-hydrogen) atoms. The maximum absolute atomic E-state index is 12.4. The summed E-state index contributed by atoms with van der Waals surface area (Å²) in [5.74, 6) is 0.268. The third-order valence-electron chi connectivity index (χ3n) is 4.97. The van der Waals surface area contributed by atoms with E-state index >= 15 is 0 Å². The number of carbonyl (C=O) groups is 2. The number of hydrogen-bond acceptors (Lipinski definition) is 3. The number of ketones is 1. The van der Waals surface area contributed by atoms with Crippen LogP contribution in [0.25, 0.3) is 0 Å². The Morgan fingerprint density at radius 1 is 1.48 bits per heavy atom. The number of carbonyl (C=O) groups excluding carboxylic acids is 2. The monoisotopic (exact) mass is 294 g/mol. The molecule has 0 aromatic rings. The molecule has 0 spiro atoms. The molecule has 1 aliphatic carbocycles. The molecule has 1 fully saturated rings. The Bertz CT molecular complexity index is 533. The van der Waals surface area contributed by atoms with Gasteiger partial charge < -0.3 is 4.90 Å². The van der Waals surface area contributed by atoms with E-state index in [-0.39, 0.29) is 33.3 Å². The number of fused-ring (bicyclic) bond motifs is 1. The highest BCUT2D eigenvalue weighted by molar-refractivity contribution is 6.04. The molecule has 4 nitrogen and oxygen atoms in total. The Kier molecular flexibility index (Phi) is 4.62. The number of piperidine rings is 1. The van der Waals surface area contributed by atoms with E-state index in [9.17, 15) is 14.9 Å². The second kappa shape index (κ2) is 5.59. The van der Waals surface area contributed by atoms with Crippen molar-refractivity contribution < 1.29 is 14.3 Å². The molecular formula is C16H23FN2O2. The summed E-state index contributed by atoms with van der Waals surface area (Å²) >= 11 is 0. The third-order valence-corrected chi connectivity index (χ3v) is 4.97. The summed E-state index contributed by atoms with van der Waals surface area (Å²) < 4.78 is 0. The van der Waals surface area contributed by atoms with Crippen molar-refractivity contribution in [3.63, 3.8) is 0 Å². The van der Waals surface area contributed by atoms with Crippen LogP contribution in [0.15, 0.2) is 11.6 Å². The molecule has 0 saturated carbocycles. The van der Waals surface area contributed by atoms with Crippen LogP contribution in [-0.2, 0) is 9.59 Å². The van der Waals surface area contributed by atoms with Crippen LogP contribution in [0.5, 0.6) is 0 Å². The number of hydrogen-bond donors (Lipinski definition) is 0. The molecule has 1 amide bonds. The molecule has 2 atom stereocenters. The van der Waals surface area contributed by atoms with Crippen LogP contribution in [0.2, 0.25) is 0 Å². The first kappa shape index (κ1) is 17.4. The van der Waals surface area contributed by atoms with E-state index in [1.807, 2.05) is 31.7 Å². The fraction of sp³-hybridized carbons (Fsp3) is 0.688. The lowest BCUT2D eigenvalue weighted by atomic mass is 9.55. The minimum atomic E-state index is -0.532. The molecule has 2 rings (SSSR count). The molecule has 0 aromatic carbocycles. The van der Waals surface area contributed by atoms with Gasteiger partial charge >= 0.3 is 0 Å². The number of halogens is 1. The lowest BCUT2D eigenvalue weighted by Gasteiger charge is -2.53. The van der Waals surface area contributed by atoms with Crippen molar-refractivity contribution in [3.8, 4) is 6.07 Å². The Balaban J connectivity index is 0.00000220. The first-order chi connectivity index (χ1) is 9.26. The number of likely N-dealkylation sites (tertiary alicyclic amines) is 1. The average molecular weight is 294 g/mol. The predicted molar refractivity (Wildman–Crippen MR) is 78.1 cm³/mol. The van der Waals surface area contributed by atoms with E-state index in [1.54, 1.807) is 6.08 Å². The van der Waals surface area contributed by atoms with Crippen molar-refractivity contribution >= 4 is 11.7 Å². The van der Waals surface area contributed by atoms with Gasteiger partial charge in [0.05, 0.1) is 5.57 Å². The summed E-state index contributed by atoms with van der Waals surface area (Å²) in [6, 6.07) is 2.03. The summed E-state index contributed by atoms with van der Waals surface area (Å²) in [5.41, 5.74) is -0.568. The largest absolute Gasteiger partial charge is 0.342 e. The Morgan fingerprint density at radius 3 is 2.62 bits per heavy atom. The smallest absolute Gasteiger partial charge is 0.222 e. The zero-order valence-corrected chi connectivity index (χ0v) is 13.1. The predicted octanol–water partition coefficient (Wildman–Crippen LogP) is 2.46. The first-order valence-electron chi connectivity index (χ1n) is 7.22. The summed E-state index contributed by atoms with van der Waals surface area (Å²) in [7, 11) is 0. The highest BCUT2D eigenvalue weighted by Gasteiger charge is 2.53. The molecule has 5 heteroatoms. The first-order valence-corrected chi connectivity index (χ1v) is 7.22. The van der Waals surface area contributed by atoms with Crippen molar-refractivity contribution in [2.45, 2.75) is 40.5 Å². The average Bonchev–Trinajstić information content (AvgIpc) is 2.41. The van der Waals surface area contributed by atoms with Crippen LogP contribution in [0, 0.1) is 28.1 Å². The summed E-state index contributed by atoms with van der Waals surface area (Å²) in [5, 5.41) is 9.20. The van der Waals surface area contributed by atoms with Crippen LogP contribution in [-0.4, -0.2) is 29.7 Å². The van der Waals surface area contributed by atoms with E-state index in [2.05, 4.69) is 6.92 Å². The zero-order valence-electron chi connectivity index (χ0n) is 13.1. The van der Waals surface area contributed by atoms with Crippen LogP contribution >= 0.6 is 0 Å². The molecular weight excluding hydrogens is 271 g/mol. The van der Waals surface area contributed by atoms with E-state index in [1.165, 1.54) is 0 Å². The van der Waals surface area contributed by atoms with E-state index in [0.717, 1.165) is 6.42 Å². The minimum Gasteiger partial charge on any atom is -0.342 e. The zero-order chi connectivity index (χ0) is 15.1. The second-order valence-corrected chi connectivity index (χ2v) is 6.74. The van der Waals surface area contributed by atoms with Crippen LogP contribution < -0.4 is 0 Å². The van der Waals surface area contributed by atoms with Gasteiger partial charge in [0.2, 0.25) is 5.91 Å². The normalized spacial score (nSPS) is 30.6. The van der Waals surface area contributed by atoms with Crippen LogP contribution in [0.1, 0.15) is 40.5 Å². The number of amides is 1. The Hall–Kier alpha value is -1.70. The molecule has 1 heterocycles. The molecule has 1 aliphatic heterocycles. The summed E-state index contributed by atoms with van der Waals surface area (Å²) in [6.45, 7) is 9.10. The summed E-state index contributed by atoms with van der Waals surface area (Å²) in [4.78, 5) is 26.2. The van der Waals surface area contributed by atoms with E-state index in [4.69, 9.17) is 0 Å². The van der Waals surface area contributed by atoms with Crippen molar-refractivity contribution in [1.82, 2.24) is 4.90 Å². The Morgan fingerprint density at radius 2 is 2.10 bits per heavy atom. The quantitative estimate of drug-likeness (QED) is 0.746. The van der Waals surface area contributed by atoms with Crippen molar-refractivity contribution in [2.24, 2.45) is 16.7 Å². The van der Waals surface area contributed by atoms with Crippen molar-refractivity contribution in [3.05, 3.63) is 11.6 Å². The summed E-state index contributed by atoms with van der Waals surface area (Å²) in [6.07, 6.45) is 3.12. The highest BCUT2D eigenvalue weighted by atomic mass is 19.0. The molecule has 0 radical (unpaired) electrons. The lowest BCUT2D eigenvalue weighted by Crippen LogP contribution is -2.56. The van der Waals surface area contributed by atoms with Crippen LogP contribution in [0.4, 0.5) is 4.70 Å². The molecule has 0 N–H and O–H groups in total. The number of Topliss-reactive ketones (excluding diaryl/α,β-unsaturated/α-hetero) is 1. The second-order valence-electron chi connectivity index (χ2n) is 6.74. The van der Waals surface area contributed by atoms with Gasteiger partial charge in [0.15, 0.2) is 5.78 Å². The minimum absolute atomic E-state index is 0. The third kappa shape index (κ3) is 2.59. The molecule has 0 unspecified atom stereocenters. The van der Waals surface area contributed by atoms with Gasteiger partial charge in [0, 0.05) is 30.3 Å². The van der Waals surface area contributed by atoms with Crippen molar-refractivity contribution in [2.75, 3.05) is 13.1 Å². The van der Waals surface area contributed by atoms with Gasteiger partial charge in [0.25, 0.3) is 0 Å². The van der Waals surface area contributed by atoms with Crippen molar-refractivity contribution in [1.29, 1.82) is 5.26 Å². The highest BCUT2D eigenvalue weighted by Crippen LogP contribution is 2.51. The number of rotatable bonds is 1. The molecule has 0 bridgehead atoms. The van der Waals surface area contributed by atoms with Gasteiger partial charge in [-0.2, -0.15) is 5.26 Å². The SMILES string of the molecule is CCC(=O)N1CC[C@@H]2C(C)(C)C(=O)C(C#N)=C[C@@]2(C)C1.F. The number of nitrogens with zero attached hydrogens (tertiary/aromatic N) is 2. The van der Waals surface area contributed by atoms with E-state index in [0.29, 0.717) is 19.5 Å². The topological polar surface area (TPSA) is 61.2 Å². The molecule has 116 valence electrons. The number of nitriles is 1. The molecule has 2 aliphatic rings. The van der Waals surface area contributed by atoms with Gasteiger partial charge in [-0.25, -0.2) is 0 Å². The molecule has 0 aromatic heterocycles. The molecule has 1 saturated heterocycles. The van der Waals surface area contributed by atoms with Gasteiger partial charge in [0.1, 0.15) is 6.07 Å². The fourth-order valence-corrected chi connectivity index (χ4v) is 3.97. The van der Waals surface area contributed by atoms with Crippen LogP contribution in [0.3, 0.4) is 0 Å². The number of allylic oxidation sites excluding steroid dienone is 1. The van der Waals surface area contributed by atoms with Gasteiger partial charge in [-0.15, -0.1) is 0 Å².